The predicted octanol–water partition coefficient (Wildman–Crippen LogP) is 3.06. The summed E-state index contributed by atoms with van der Waals surface area (Å²) in [7, 11) is 0. The Morgan fingerprint density at radius 2 is 2.18 bits per heavy atom. The van der Waals surface area contributed by atoms with Crippen LogP contribution in [0.5, 0.6) is 0 Å². The van der Waals surface area contributed by atoms with E-state index in [-0.39, 0.29) is 28.9 Å². The maximum atomic E-state index is 12.3. The second kappa shape index (κ2) is 10.1. The fraction of sp³-hybridized carbons (Fsp3) is 0.526. The van der Waals surface area contributed by atoms with Gasteiger partial charge in [0, 0.05) is 17.5 Å². The van der Waals surface area contributed by atoms with E-state index in [1.54, 1.807) is 31.3 Å². The topological polar surface area (TPSA) is 87.5 Å². The van der Waals surface area contributed by atoms with Gasteiger partial charge in [-0.2, -0.15) is 0 Å². The Bertz CT molecular complexity index is 772. The van der Waals surface area contributed by atoms with Gasteiger partial charge in [-0.15, -0.1) is 23.1 Å². The van der Waals surface area contributed by atoms with Gasteiger partial charge >= 0.3 is 0 Å². The number of aryl methyl sites for hydroxylation is 1. The van der Waals surface area contributed by atoms with E-state index in [1.165, 1.54) is 29.5 Å². The van der Waals surface area contributed by atoms with Crippen LogP contribution in [0.4, 0.5) is 5.82 Å². The molecule has 1 fully saturated rings. The van der Waals surface area contributed by atoms with E-state index in [9.17, 15) is 9.59 Å². The molecule has 0 saturated carbocycles. The van der Waals surface area contributed by atoms with Gasteiger partial charge in [-0.3, -0.25) is 14.5 Å². The molecule has 0 aromatic carbocycles. The standard InChI is InChI=1S/C19H26N4O3S2/c1-13-10-17(22-26-13)21-19(25)14(2)28-12-18(24)20-11-15(16-6-5-9-27-16)23-7-3-4-8-23/h5-6,9-10,14-15H,3-4,7-8,11-12H2,1-2H3,(H,20,24)(H,21,22,25). The maximum Gasteiger partial charge on any atom is 0.238 e. The Kier molecular flexibility index (Phi) is 7.52. The molecule has 2 aromatic rings. The highest BCUT2D eigenvalue weighted by atomic mass is 32.2. The average molecular weight is 423 g/mol. The number of hydrogen-bond donors (Lipinski definition) is 2. The summed E-state index contributed by atoms with van der Waals surface area (Å²) in [6.07, 6.45) is 2.42. The number of carbonyl (C=O) groups is 2. The van der Waals surface area contributed by atoms with E-state index >= 15 is 0 Å². The van der Waals surface area contributed by atoms with Crippen molar-refractivity contribution in [3.8, 4) is 0 Å². The molecule has 1 saturated heterocycles. The highest BCUT2D eigenvalue weighted by Gasteiger charge is 2.25. The number of anilines is 1. The molecule has 1 aliphatic rings. The lowest BCUT2D eigenvalue weighted by atomic mass is 10.2. The third-order valence-electron chi connectivity index (χ3n) is 4.66. The number of likely N-dealkylation sites (tertiary alicyclic amines) is 1. The molecule has 2 atom stereocenters. The number of amides is 2. The number of rotatable bonds is 9. The monoisotopic (exact) mass is 422 g/mol. The van der Waals surface area contributed by atoms with Crippen LogP contribution in [0.3, 0.4) is 0 Å². The molecule has 2 amide bonds. The van der Waals surface area contributed by atoms with Crippen molar-refractivity contribution < 1.29 is 14.1 Å². The fourth-order valence-corrected chi connectivity index (χ4v) is 4.71. The van der Waals surface area contributed by atoms with Crippen LogP contribution < -0.4 is 10.6 Å². The van der Waals surface area contributed by atoms with Gasteiger partial charge in [0.2, 0.25) is 11.8 Å². The molecule has 3 heterocycles. The highest BCUT2D eigenvalue weighted by molar-refractivity contribution is 8.01. The van der Waals surface area contributed by atoms with Crippen molar-refractivity contribution in [2.24, 2.45) is 0 Å². The molecule has 0 aliphatic carbocycles. The molecule has 0 bridgehead atoms. The van der Waals surface area contributed by atoms with Crippen molar-refractivity contribution in [1.82, 2.24) is 15.4 Å². The zero-order valence-corrected chi connectivity index (χ0v) is 17.8. The number of aromatic nitrogens is 1. The third kappa shape index (κ3) is 5.83. The minimum absolute atomic E-state index is 0.0531. The van der Waals surface area contributed by atoms with Crippen LogP contribution >= 0.6 is 23.1 Å². The average Bonchev–Trinajstić information content (AvgIpc) is 3.43. The predicted molar refractivity (Wildman–Crippen MR) is 113 cm³/mol. The van der Waals surface area contributed by atoms with E-state index in [4.69, 9.17) is 4.52 Å². The summed E-state index contributed by atoms with van der Waals surface area (Å²) in [5.41, 5.74) is 0. The van der Waals surface area contributed by atoms with Crippen LogP contribution in [0.25, 0.3) is 0 Å². The zero-order chi connectivity index (χ0) is 19.9. The van der Waals surface area contributed by atoms with Gasteiger partial charge in [0.1, 0.15) is 5.76 Å². The molecule has 2 unspecified atom stereocenters. The second-order valence-corrected chi connectivity index (χ2v) is 9.15. The van der Waals surface area contributed by atoms with E-state index < -0.39 is 0 Å². The lowest BCUT2D eigenvalue weighted by Gasteiger charge is -2.27. The summed E-state index contributed by atoms with van der Waals surface area (Å²) in [6, 6.07) is 6.07. The van der Waals surface area contributed by atoms with Crippen LogP contribution in [-0.2, 0) is 9.59 Å². The normalized spacial score (nSPS) is 16.6. The number of nitrogens with zero attached hydrogens (tertiary/aromatic N) is 2. The minimum Gasteiger partial charge on any atom is -0.360 e. The Morgan fingerprint density at radius 1 is 1.39 bits per heavy atom. The maximum absolute atomic E-state index is 12.3. The highest BCUT2D eigenvalue weighted by Crippen LogP contribution is 2.27. The van der Waals surface area contributed by atoms with Crippen molar-refractivity contribution in [2.75, 3.05) is 30.7 Å². The van der Waals surface area contributed by atoms with Gasteiger partial charge < -0.3 is 15.2 Å². The summed E-state index contributed by atoms with van der Waals surface area (Å²) < 4.78 is 4.93. The number of nitrogens with one attached hydrogen (secondary N) is 2. The summed E-state index contributed by atoms with van der Waals surface area (Å²) in [5.74, 6) is 1.02. The summed E-state index contributed by atoms with van der Waals surface area (Å²) in [4.78, 5) is 28.2. The Balaban J connectivity index is 1.43. The molecular formula is C19H26N4O3S2. The quantitative estimate of drug-likeness (QED) is 0.646. The Hall–Kier alpha value is -1.84. The van der Waals surface area contributed by atoms with Crippen LogP contribution in [0.2, 0.25) is 0 Å². The summed E-state index contributed by atoms with van der Waals surface area (Å²) >= 11 is 3.04. The van der Waals surface area contributed by atoms with Crippen molar-refractivity contribution in [2.45, 2.75) is 38.0 Å². The van der Waals surface area contributed by atoms with E-state index in [2.05, 4.69) is 38.2 Å². The van der Waals surface area contributed by atoms with Gasteiger partial charge in [-0.05, 0) is 51.2 Å². The second-order valence-electron chi connectivity index (χ2n) is 6.84. The Labute approximate surface area is 173 Å². The van der Waals surface area contributed by atoms with Crippen LogP contribution in [-0.4, -0.2) is 52.5 Å². The lowest BCUT2D eigenvalue weighted by Crippen LogP contribution is -2.37. The molecule has 0 radical (unpaired) electrons. The molecule has 0 spiro atoms. The number of thiophene rings is 1. The van der Waals surface area contributed by atoms with E-state index in [0.29, 0.717) is 18.1 Å². The number of hydrogen-bond acceptors (Lipinski definition) is 7. The van der Waals surface area contributed by atoms with Crippen molar-refractivity contribution >= 4 is 40.7 Å². The van der Waals surface area contributed by atoms with E-state index in [0.717, 1.165) is 13.1 Å². The SMILES string of the molecule is Cc1cc(NC(=O)C(C)SCC(=O)NCC(c2cccs2)N2CCCC2)no1. The first-order valence-corrected chi connectivity index (χ1v) is 11.4. The third-order valence-corrected chi connectivity index (χ3v) is 6.77. The molecule has 1 aliphatic heterocycles. The van der Waals surface area contributed by atoms with Crippen LogP contribution in [0, 0.1) is 6.92 Å². The Morgan fingerprint density at radius 3 is 2.82 bits per heavy atom. The number of carbonyl (C=O) groups excluding carboxylic acids is 2. The van der Waals surface area contributed by atoms with Crippen LogP contribution in [0.15, 0.2) is 28.1 Å². The van der Waals surface area contributed by atoms with Crippen LogP contribution in [0.1, 0.15) is 36.4 Å². The lowest BCUT2D eigenvalue weighted by molar-refractivity contribution is -0.118. The van der Waals surface area contributed by atoms with Gasteiger partial charge in [0.15, 0.2) is 5.82 Å². The molecule has 2 aromatic heterocycles. The van der Waals surface area contributed by atoms with Gasteiger partial charge in [0.25, 0.3) is 0 Å². The van der Waals surface area contributed by atoms with Crippen molar-refractivity contribution in [3.05, 3.63) is 34.2 Å². The van der Waals surface area contributed by atoms with Gasteiger partial charge in [-0.1, -0.05) is 11.2 Å². The fourth-order valence-electron chi connectivity index (χ4n) is 3.13. The molecule has 28 heavy (non-hydrogen) atoms. The van der Waals surface area contributed by atoms with Gasteiger partial charge in [-0.25, -0.2) is 0 Å². The first-order chi connectivity index (χ1) is 13.5. The first-order valence-electron chi connectivity index (χ1n) is 9.43. The molecule has 2 N–H and O–H groups in total. The van der Waals surface area contributed by atoms with Crippen molar-refractivity contribution in [1.29, 1.82) is 0 Å². The molecule has 152 valence electrons. The zero-order valence-electron chi connectivity index (χ0n) is 16.1. The minimum atomic E-state index is -0.366. The summed E-state index contributed by atoms with van der Waals surface area (Å²) in [6.45, 7) is 6.28. The summed E-state index contributed by atoms with van der Waals surface area (Å²) in [5, 5.41) is 11.2. The smallest absolute Gasteiger partial charge is 0.238 e. The first kappa shape index (κ1) is 20.9. The molecule has 3 rings (SSSR count). The molecule has 7 nitrogen and oxygen atoms in total. The van der Waals surface area contributed by atoms with E-state index in [1.807, 2.05) is 0 Å². The number of thioether (sulfide) groups is 1. The van der Waals surface area contributed by atoms with Gasteiger partial charge in [0.05, 0.1) is 17.0 Å². The molecule has 9 heteroatoms. The largest absolute Gasteiger partial charge is 0.360 e. The van der Waals surface area contributed by atoms with Crippen molar-refractivity contribution in [3.63, 3.8) is 0 Å². The molecular weight excluding hydrogens is 396 g/mol.